The molecule has 8 heteroatoms. The third kappa shape index (κ3) is 3.86. The van der Waals surface area contributed by atoms with Gasteiger partial charge in [-0.2, -0.15) is 5.26 Å². The van der Waals surface area contributed by atoms with Crippen LogP contribution in [0.3, 0.4) is 0 Å². The zero-order valence-corrected chi connectivity index (χ0v) is 16.4. The van der Waals surface area contributed by atoms with E-state index in [1.54, 1.807) is 38.1 Å². The van der Waals surface area contributed by atoms with E-state index < -0.39 is 17.9 Å². The Hall–Kier alpha value is -4.12. The quantitative estimate of drug-likeness (QED) is 0.724. The number of carboxylic acids is 1. The van der Waals surface area contributed by atoms with Crippen LogP contribution in [0.4, 0.5) is 0 Å². The first-order valence-electron chi connectivity index (χ1n) is 9.12. The number of esters is 1. The van der Waals surface area contributed by atoms with Crippen LogP contribution in [0.25, 0.3) is 11.3 Å². The number of carbonyl (C=O) groups is 2. The summed E-state index contributed by atoms with van der Waals surface area (Å²) in [6, 6.07) is 11.9. The molecule has 0 saturated carbocycles. The monoisotopic (exact) mass is 405 g/mol. The van der Waals surface area contributed by atoms with Crippen molar-refractivity contribution in [2.75, 3.05) is 6.61 Å². The van der Waals surface area contributed by atoms with Gasteiger partial charge in [-0.05, 0) is 31.5 Å². The third-order valence-electron chi connectivity index (χ3n) is 4.65. The molecule has 0 spiro atoms. The van der Waals surface area contributed by atoms with Crippen LogP contribution in [0.1, 0.15) is 35.7 Å². The number of nitrogens with zero attached hydrogens (tertiary/aromatic N) is 2. The van der Waals surface area contributed by atoms with E-state index in [1.165, 1.54) is 18.3 Å². The fourth-order valence-electron chi connectivity index (χ4n) is 3.26. The molecule has 1 atom stereocenters. The van der Waals surface area contributed by atoms with Gasteiger partial charge in [0, 0.05) is 11.8 Å². The maximum absolute atomic E-state index is 12.6. The average molecular weight is 405 g/mol. The molecule has 2 heterocycles. The topological polar surface area (TPSA) is 136 Å². The molecule has 3 N–H and O–H groups in total. The van der Waals surface area contributed by atoms with E-state index >= 15 is 0 Å². The molecule has 0 aliphatic carbocycles. The van der Waals surface area contributed by atoms with Crippen molar-refractivity contribution >= 4 is 11.9 Å². The standard InChI is InChI=1S/C22H19N3O5/c1-3-29-22(28)18-12(2)30-20(24)16(11-23)19(18)14-6-4-13(5-7-14)17-10-15(21(26)27)8-9-25-17/h4-10,19H,3,24H2,1-2H3,(H,26,27). The fourth-order valence-corrected chi connectivity index (χ4v) is 3.26. The van der Waals surface area contributed by atoms with Crippen molar-refractivity contribution in [1.29, 1.82) is 5.26 Å². The highest BCUT2D eigenvalue weighted by atomic mass is 16.5. The maximum atomic E-state index is 12.6. The lowest BCUT2D eigenvalue weighted by molar-refractivity contribution is -0.139. The van der Waals surface area contributed by atoms with Crippen molar-refractivity contribution in [3.8, 4) is 17.3 Å². The van der Waals surface area contributed by atoms with Gasteiger partial charge in [0.25, 0.3) is 0 Å². The molecular weight excluding hydrogens is 386 g/mol. The Kier molecular flexibility index (Phi) is 5.83. The van der Waals surface area contributed by atoms with Crippen LogP contribution in [0.5, 0.6) is 0 Å². The lowest BCUT2D eigenvalue weighted by Gasteiger charge is -2.26. The summed E-state index contributed by atoms with van der Waals surface area (Å²) in [6.07, 6.45) is 1.42. The predicted molar refractivity (Wildman–Crippen MR) is 107 cm³/mol. The molecule has 30 heavy (non-hydrogen) atoms. The number of rotatable bonds is 5. The minimum Gasteiger partial charge on any atom is -0.478 e. The van der Waals surface area contributed by atoms with E-state index in [9.17, 15) is 14.9 Å². The summed E-state index contributed by atoms with van der Waals surface area (Å²) >= 11 is 0. The molecule has 0 saturated heterocycles. The number of carboxylic acid groups (broad SMARTS) is 1. The Bertz CT molecular complexity index is 1110. The van der Waals surface area contributed by atoms with Crippen molar-refractivity contribution in [1.82, 2.24) is 4.98 Å². The number of carbonyl (C=O) groups excluding carboxylic acids is 1. The van der Waals surface area contributed by atoms with E-state index in [0.717, 1.165) is 0 Å². The van der Waals surface area contributed by atoms with E-state index in [4.69, 9.17) is 20.3 Å². The van der Waals surface area contributed by atoms with Gasteiger partial charge in [-0.25, -0.2) is 9.59 Å². The molecule has 0 amide bonds. The van der Waals surface area contributed by atoms with Crippen LogP contribution in [-0.4, -0.2) is 28.6 Å². The van der Waals surface area contributed by atoms with Gasteiger partial charge >= 0.3 is 11.9 Å². The minimum absolute atomic E-state index is 0.0621. The maximum Gasteiger partial charge on any atom is 0.338 e. The van der Waals surface area contributed by atoms with Crippen molar-refractivity contribution in [2.24, 2.45) is 5.73 Å². The molecule has 0 fully saturated rings. The van der Waals surface area contributed by atoms with Crippen LogP contribution in [0.15, 0.2) is 65.4 Å². The van der Waals surface area contributed by atoms with Gasteiger partial charge in [0.05, 0.1) is 29.4 Å². The first-order chi connectivity index (χ1) is 14.4. The van der Waals surface area contributed by atoms with E-state index in [0.29, 0.717) is 16.8 Å². The second-order valence-electron chi connectivity index (χ2n) is 6.47. The normalized spacial score (nSPS) is 16.0. The summed E-state index contributed by atoms with van der Waals surface area (Å²) in [5, 5.41) is 18.8. The summed E-state index contributed by atoms with van der Waals surface area (Å²) in [5.41, 5.74) is 8.15. The average Bonchev–Trinajstić information content (AvgIpc) is 2.73. The summed E-state index contributed by atoms with van der Waals surface area (Å²) in [7, 11) is 0. The number of hydrogen-bond donors (Lipinski definition) is 2. The van der Waals surface area contributed by atoms with Crippen LogP contribution in [0.2, 0.25) is 0 Å². The van der Waals surface area contributed by atoms with Crippen LogP contribution in [-0.2, 0) is 14.3 Å². The Morgan fingerprint density at radius 3 is 2.60 bits per heavy atom. The van der Waals surface area contributed by atoms with Crippen molar-refractivity contribution in [3.05, 3.63) is 76.5 Å². The molecular formula is C22H19N3O5. The number of aromatic carboxylic acids is 1. The molecule has 3 rings (SSSR count). The molecule has 0 radical (unpaired) electrons. The van der Waals surface area contributed by atoms with Crippen LogP contribution >= 0.6 is 0 Å². The van der Waals surface area contributed by atoms with Crippen LogP contribution in [0, 0.1) is 11.3 Å². The molecule has 1 aliphatic heterocycles. The lowest BCUT2D eigenvalue weighted by Crippen LogP contribution is -2.25. The Balaban J connectivity index is 2.05. The van der Waals surface area contributed by atoms with Gasteiger partial charge < -0.3 is 20.3 Å². The number of pyridine rings is 1. The van der Waals surface area contributed by atoms with E-state index in [-0.39, 0.29) is 35.0 Å². The van der Waals surface area contributed by atoms with Crippen molar-refractivity contribution in [3.63, 3.8) is 0 Å². The summed E-state index contributed by atoms with van der Waals surface area (Å²) in [5.74, 6) is -2.16. The predicted octanol–water partition coefficient (Wildman–Crippen LogP) is 3.09. The SMILES string of the molecule is CCOC(=O)C1=C(C)OC(N)=C(C#N)C1c1ccc(-c2cc(C(=O)O)ccn2)cc1. The largest absolute Gasteiger partial charge is 0.478 e. The number of aromatic nitrogens is 1. The minimum atomic E-state index is -1.04. The second-order valence-corrected chi connectivity index (χ2v) is 6.47. The second kappa shape index (κ2) is 8.49. The molecule has 1 aliphatic rings. The Morgan fingerprint density at radius 1 is 1.30 bits per heavy atom. The van der Waals surface area contributed by atoms with Gasteiger partial charge in [0.2, 0.25) is 5.88 Å². The number of allylic oxidation sites excluding steroid dienone is 2. The van der Waals surface area contributed by atoms with Crippen molar-refractivity contribution < 1.29 is 24.2 Å². The van der Waals surface area contributed by atoms with E-state index in [2.05, 4.69) is 4.98 Å². The van der Waals surface area contributed by atoms with Crippen LogP contribution < -0.4 is 5.73 Å². The van der Waals surface area contributed by atoms with Crippen molar-refractivity contribution in [2.45, 2.75) is 19.8 Å². The number of benzene rings is 1. The Labute approximate surface area is 172 Å². The van der Waals surface area contributed by atoms with Gasteiger partial charge in [-0.3, -0.25) is 4.98 Å². The fraction of sp³-hybridized carbons (Fsp3) is 0.182. The summed E-state index contributed by atoms with van der Waals surface area (Å²) in [4.78, 5) is 28.0. The first-order valence-corrected chi connectivity index (χ1v) is 9.12. The molecule has 1 aromatic heterocycles. The highest BCUT2D eigenvalue weighted by Crippen LogP contribution is 2.40. The van der Waals surface area contributed by atoms with Gasteiger partial charge in [0.15, 0.2) is 0 Å². The number of nitriles is 1. The molecule has 1 unspecified atom stereocenters. The highest BCUT2D eigenvalue weighted by molar-refractivity contribution is 5.92. The first kappa shape index (κ1) is 20.6. The molecule has 8 nitrogen and oxygen atoms in total. The zero-order valence-electron chi connectivity index (χ0n) is 16.4. The molecule has 152 valence electrons. The summed E-state index contributed by atoms with van der Waals surface area (Å²) < 4.78 is 10.5. The molecule has 1 aromatic carbocycles. The lowest BCUT2D eigenvalue weighted by atomic mass is 9.82. The molecule has 0 bridgehead atoms. The number of ether oxygens (including phenoxy) is 2. The van der Waals surface area contributed by atoms with Gasteiger partial charge in [0.1, 0.15) is 17.4 Å². The number of nitrogens with two attached hydrogens (primary N) is 1. The zero-order chi connectivity index (χ0) is 21.8. The molecule has 2 aromatic rings. The smallest absolute Gasteiger partial charge is 0.338 e. The highest BCUT2D eigenvalue weighted by Gasteiger charge is 2.36. The summed E-state index contributed by atoms with van der Waals surface area (Å²) in [6.45, 7) is 3.46. The van der Waals surface area contributed by atoms with E-state index in [1.807, 2.05) is 6.07 Å². The van der Waals surface area contributed by atoms with Gasteiger partial charge in [-0.1, -0.05) is 24.3 Å². The van der Waals surface area contributed by atoms with Gasteiger partial charge in [-0.15, -0.1) is 0 Å². The number of hydrogen-bond acceptors (Lipinski definition) is 7. The Morgan fingerprint density at radius 2 is 2.00 bits per heavy atom. The third-order valence-corrected chi connectivity index (χ3v) is 4.65.